The normalized spacial score (nSPS) is 10.6. The smallest absolute Gasteiger partial charge is 0.349 e. The Balaban J connectivity index is 2.12. The van der Waals surface area contributed by atoms with Crippen molar-refractivity contribution in [3.05, 3.63) is 37.2 Å². The van der Waals surface area contributed by atoms with Crippen LogP contribution in [0.5, 0.6) is 5.75 Å². The number of aryl methyl sites for hydroxylation is 1. The first-order chi connectivity index (χ1) is 8.60. The Hall–Kier alpha value is -1.04. The third-order valence-electron chi connectivity index (χ3n) is 2.29. The molecule has 1 N–H and O–H groups in total. The van der Waals surface area contributed by atoms with E-state index >= 15 is 0 Å². The molecule has 0 saturated heterocycles. The van der Waals surface area contributed by atoms with Crippen LogP contribution in [0.1, 0.15) is 26.3 Å². The minimum absolute atomic E-state index is 0.259. The molecule has 0 aliphatic heterocycles. The summed E-state index contributed by atoms with van der Waals surface area (Å²) in [5, 5.41) is 9.09. The molecule has 2 rings (SSSR count). The highest BCUT2D eigenvalue weighted by molar-refractivity contribution is 7.16. The Morgan fingerprint density at radius 2 is 2.17 bits per heavy atom. The highest BCUT2D eigenvalue weighted by atomic mass is 35.5. The van der Waals surface area contributed by atoms with Gasteiger partial charge in [-0.15, -0.1) is 22.7 Å². The van der Waals surface area contributed by atoms with Crippen molar-refractivity contribution in [2.75, 3.05) is 0 Å². The van der Waals surface area contributed by atoms with E-state index in [0.717, 1.165) is 16.2 Å². The maximum absolute atomic E-state index is 11.1. The molecule has 2 heterocycles. The molecule has 0 bridgehead atoms. The standard InChI is InChI=1S/C12H11ClO3S2/c1-2-7-5-9(11(18-7)12(14)15)16-6-8-3-4-10(13)17-8/h3-5H,2,6H2,1H3,(H,14,15). The lowest BCUT2D eigenvalue weighted by molar-refractivity contribution is 0.0697. The van der Waals surface area contributed by atoms with E-state index in [4.69, 9.17) is 21.4 Å². The number of thiophene rings is 2. The maximum Gasteiger partial charge on any atom is 0.349 e. The SMILES string of the molecule is CCc1cc(OCc2ccc(Cl)s2)c(C(=O)O)s1. The van der Waals surface area contributed by atoms with Gasteiger partial charge in [0.15, 0.2) is 4.88 Å². The van der Waals surface area contributed by atoms with Crippen molar-refractivity contribution in [3.8, 4) is 5.75 Å². The van der Waals surface area contributed by atoms with E-state index in [1.165, 1.54) is 22.7 Å². The third-order valence-corrected chi connectivity index (χ3v) is 4.74. The van der Waals surface area contributed by atoms with Crippen LogP contribution in [0.4, 0.5) is 0 Å². The molecule has 0 aliphatic rings. The van der Waals surface area contributed by atoms with Crippen LogP contribution in [0, 0.1) is 0 Å². The zero-order valence-electron chi connectivity index (χ0n) is 9.60. The van der Waals surface area contributed by atoms with Gasteiger partial charge in [0.05, 0.1) is 4.34 Å². The molecule has 2 aromatic rings. The quantitative estimate of drug-likeness (QED) is 0.895. The molecule has 0 spiro atoms. The van der Waals surface area contributed by atoms with Gasteiger partial charge in [-0.3, -0.25) is 0 Å². The molecular formula is C12H11ClO3S2. The van der Waals surface area contributed by atoms with E-state index in [1.807, 2.05) is 13.0 Å². The molecule has 18 heavy (non-hydrogen) atoms. The highest BCUT2D eigenvalue weighted by Gasteiger charge is 2.16. The van der Waals surface area contributed by atoms with Gasteiger partial charge in [-0.05, 0) is 24.6 Å². The number of hydrogen-bond acceptors (Lipinski definition) is 4. The first-order valence-electron chi connectivity index (χ1n) is 5.33. The van der Waals surface area contributed by atoms with Gasteiger partial charge in [0.25, 0.3) is 0 Å². The van der Waals surface area contributed by atoms with Crippen LogP contribution < -0.4 is 4.74 Å². The Labute approximate surface area is 118 Å². The van der Waals surface area contributed by atoms with Crippen molar-refractivity contribution in [1.29, 1.82) is 0 Å². The summed E-state index contributed by atoms with van der Waals surface area (Å²) in [6.07, 6.45) is 0.805. The Kier molecular flexibility index (Phi) is 4.27. The molecule has 0 radical (unpaired) electrons. The fourth-order valence-electron chi connectivity index (χ4n) is 1.43. The molecule has 2 aromatic heterocycles. The molecule has 0 atom stereocenters. The average Bonchev–Trinajstić information content (AvgIpc) is 2.92. The predicted molar refractivity (Wildman–Crippen MR) is 74.3 cm³/mol. The highest BCUT2D eigenvalue weighted by Crippen LogP contribution is 2.31. The summed E-state index contributed by atoms with van der Waals surface area (Å²) in [7, 11) is 0. The minimum Gasteiger partial charge on any atom is -0.486 e. The first-order valence-corrected chi connectivity index (χ1v) is 7.34. The maximum atomic E-state index is 11.1. The topological polar surface area (TPSA) is 46.5 Å². The summed E-state index contributed by atoms with van der Waals surface area (Å²) in [6, 6.07) is 5.47. The van der Waals surface area contributed by atoms with E-state index < -0.39 is 5.97 Å². The molecule has 0 aliphatic carbocycles. The Bertz CT molecular complexity index is 559. The van der Waals surface area contributed by atoms with Crippen LogP contribution in [0.2, 0.25) is 4.34 Å². The van der Waals surface area contributed by atoms with Crippen molar-refractivity contribution in [2.45, 2.75) is 20.0 Å². The second-order valence-corrected chi connectivity index (χ2v) is 6.50. The summed E-state index contributed by atoms with van der Waals surface area (Å²) < 4.78 is 6.26. The van der Waals surface area contributed by atoms with Gasteiger partial charge in [0.1, 0.15) is 12.4 Å². The second kappa shape index (κ2) is 5.73. The summed E-state index contributed by atoms with van der Waals surface area (Å²) in [6.45, 7) is 2.33. The summed E-state index contributed by atoms with van der Waals surface area (Å²) >= 11 is 8.51. The van der Waals surface area contributed by atoms with Gasteiger partial charge in [0.2, 0.25) is 0 Å². The largest absolute Gasteiger partial charge is 0.486 e. The number of aromatic carboxylic acids is 1. The number of carboxylic acids is 1. The van der Waals surface area contributed by atoms with Gasteiger partial charge in [-0.1, -0.05) is 18.5 Å². The van der Waals surface area contributed by atoms with Gasteiger partial charge in [-0.2, -0.15) is 0 Å². The second-order valence-electron chi connectivity index (χ2n) is 3.56. The number of rotatable bonds is 5. The minimum atomic E-state index is -0.945. The van der Waals surface area contributed by atoms with E-state index in [9.17, 15) is 4.79 Å². The van der Waals surface area contributed by atoms with Crippen LogP contribution in [0.25, 0.3) is 0 Å². The van der Waals surface area contributed by atoms with Gasteiger partial charge in [0, 0.05) is 9.75 Å². The molecule has 3 nitrogen and oxygen atoms in total. The number of carboxylic acid groups (broad SMARTS) is 1. The Morgan fingerprint density at radius 1 is 1.39 bits per heavy atom. The van der Waals surface area contributed by atoms with Gasteiger partial charge >= 0.3 is 5.97 Å². The van der Waals surface area contributed by atoms with E-state index in [2.05, 4.69) is 0 Å². The van der Waals surface area contributed by atoms with Crippen LogP contribution >= 0.6 is 34.3 Å². The number of hydrogen-bond donors (Lipinski definition) is 1. The summed E-state index contributed by atoms with van der Waals surface area (Å²) in [5.41, 5.74) is 0. The molecule has 0 fully saturated rings. The molecule has 0 aromatic carbocycles. The molecular weight excluding hydrogens is 292 g/mol. The predicted octanol–water partition coefficient (Wildman–Crippen LogP) is 4.30. The van der Waals surface area contributed by atoms with Crippen LogP contribution in [0.15, 0.2) is 18.2 Å². The third kappa shape index (κ3) is 3.04. The zero-order valence-corrected chi connectivity index (χ0v) is 12.0. The van der Waals surface area contributed by atoms with E-state index in [-0.39, 0.29) is 4.88 Å². The summed E-state index contributed by atoms with van der Waals surface area (Å²) in [4.78, 5) is 13.3. The lowest BCUT2D eigenvalue weighted by Gasteiger charge is -2.02. The van der Waals surface area contributed by atoms with Gasteiger partial charge in [-0.25, -0.2) is 4.79 Å². The average molecular weight is 303 g/mol. The number of halogens is 1. The number of carbonyl (C=O) groups is 1. The van der Waals surface area contributed by atoms with Crippen molar-refractivity contribution >= 4 is 40.2 Å². The monoisotopic (exact) mass is 302 g/mol. The summed E-state index contributed by atoms with van der Waals surface area (Å²) in [5.74, 6) is -0.507. The van der Waals surface area contributed by atoms with Crippen molar-refractivity contribution in [2.24, 2.45) is 0 Å². The fraction of sp³-hybridized carbons (Fsp3) is 0.250. The lowest BCUT2D eigenvalue weighted by Crippen LogP contribution is -1.98. The van der Waals surface area contributed by atoms with Crippen molar-refractivity contribution in [1.82, 2.24) is 0 Å². The molecule has 0 unspecified atom stereocenters. The molecule has 0 saturated carbocycles. The molecule has 6 heteroatoms. The van der Waals surface area contributed by atoms with E-state index in [0.29, 0.717) is 16.7 Å². The van der Waals surface area contributed by atoms with Gasteiger partial charge < -0.3 is 9.84 Å². The lowest BCUT2D eigenvalue weighted by atomic mass is 10.3. The van der Waals surface area contributed by atoms with Crippen LogP contribution in [-0.2, 0) is 13.0 Å². The van der Waals surface area contributed by atoms with Crippen molar-refractivity contribution < 1.29 is 14.6 Å². The van der Waals surface area contributed by atoms with Crippen LogP contribution in [-0.4, -0.2) is 11.1 Å². The Morgan fingerprint density at radius 3 is 2.72 bits per heavy atom. The van der Waals surface area contributed by atoms with Crippen molar-refractivity contribution in [3.63, 3.8) is 0 Å². The molecule has 96 valence electrons. The molecule has 0 amide bonds. The number of ether oxygens (including phenoxy) is 1. The zero-order chi connectivity index (χ0) is 13.1. The fourth-order valence-corrected chi connectivity index (χ4v) is 3.31. The van der Waals surface area contributed by atoms with Crippen LogP contribution in [0.3, 0.4) is 0 Å². The van der Waals surface area contributed by atoms with E-state index in [1.54, 1.807) is 12.1 Å². The first kappa shape index (κ1) is 13.4.